The first kappa shape index (κ1) is 36.8. The first-order valence-corrected chi connectivity index (χ1v) is 18.9. The van der Waals surface area contributed by atoms with Gasteiger partial charge in [0.1, 0.15) is 11.7 Å². The molecule has 5 amide bonds. The zero-order valence-corrected chi connectivity index (χ0v) is 31.7. The predicted molar refractivity (Wildman–Crippen MR) is 216 cm³/mol. The van der Waals surface area contributed by atoms with Gasteiger partial charge in [-0.2, -0.15) is 0 Å². The molecule has 2 aliphatic rings. The van der Waals surface area contributed by atoms with E-state index in [1.165, 1.54) is 4.90 Å². The Morgan fingerprint density at radius 2 is 1.75 bits per heavy atom. The number of carbonyl (C=O) groups excluding carboxylic acids is 5. The third kappa shape index (κ3) is 6.89. The number of hydrogen-bond donors (Lipinski definition) is 3. The Kier molecular flexibility index (Phi) is 9.81. The smallest absolute Gasteiger partial charge is 0.269 e. The van der Waals surface area contributed by atoms with Crippen LogP contribution < -0.4 is 16.0 Å². The van der Waals surface area contributed by atoms with Crippen LogP contribution >= 0.6 is 0 Å². The SMILES string of the molecule is CCc1cc(-c2cccc3cc(-c4ccc(C(=O)NCCC#Cc5cccc6c5CN(C5CCC(=O)NC5=O)C6=O)nc4)ncc23)cc2c(C(=O)NC)cn(C)c12. The summed E-state index contributed by atoms with van der Waals surface area (Å²) in [5.74, 6) is 4.72. The highest BCUT2D eigenvalue weighted by Gasteiger charge is 2.39. The van der Waals surface area contributed by atoms with Gasteiger partial charge >= 0.3 is 0 Å². The molecule has 284 valence electrons. The lowest BCUT2D eigenvalue weighted by molar-refractivity contribution is -0.136. The molecule has 1 atom stereocenters. The van der Waals surface area contributed by atoms with Crippen molar-refractivity contribution in [2.75, 3.05) is 13.6 Å². The third-order valence-corrected chi connectivity index (χ3v) is 10.7. The summed E-state index contributed by atoms with van der Waals surface area (Å²) >= 11 is 0. The van der Waals surface area contributed by atoms with Crippen molar-refractivity contribution in [3.63, 3.8) is 0 Å². The largest absolute Gasteiger partial charge is 0.355 e. The van der Waals surface area contributed by atoms with Gasteiger partial charge in [-0.1, -0.05) is 43.0 Å². The molecule has 0 saturated carbocycles. The Balaban J connectivity index is 0.927. The van der Waals surface area contributed by atoms with E-state index in [4.69, 9.17) is 4.98 Å². The topological polar surface area (TPSA) is 155 Å². The van der Waals surface area contributed by atoms with Crippen LogP contribution in [0.25, 0.3) is 44.1 Å². The van der Waals surface area contributed by atoms with Crippen molar-refractivity contribution in [1.29, 1.82) is 0 Å². The summed E-state index contributed by atoms with van der Waals surface area (Å²) < 4.78 is 2.02. The lowest BCUT2D eigenvalue weighted by Gasteiger charge is -2.29. The first-order valence-electron chi connectivity index (χ1n) is 18.9. The molecule has 6 aromatic rings. The van der Waals surface area contributed by atoms with Crippen LogP contribution in [-0.4, -0.2) is 68.6 Å². The molecular weight excluding hydrogens is 719 g/mol. The highest BCUT2D eigenvalue weighted by molar-refractivity contribution is 6.10. The number of hydrogen-bond acceptors (Lipinski definition) is 7. The Hall–Kier alpha value is -7.13. The van der Waals surface area contributed by atoms with Crippen molar-refractivity contribution in [2.45, 2.75) is 45.2 Å². The summed E-state index contributed by atoms with van der Waals surface area (Å²) in [4.78, 5) is 73.5. The number of nitrogens with zero attached hydrogens (tertiary/aromatic N) is 4. The second kappa shape index (κ2) is 15.2. The molecule has 1 fully saturated rings. The number of carbonyl (C=O) groups is 5. The number of benzene rings is 3. The van der Waals surface area contributed by atoms with Crippen LogP contribution in [0.4, 0.5) is 0 Å². The van der Waals surface area contributed by atoms with E-state index in [1.54, 1.807) is 31.4 Å². The number of nitrogens with one attached hydrogen (secondary N) is 3. The average molecular weight is 758 g/mol. The first-order chi connectivity index (χ1) is 27.6. The van der Waals surface area contributed by atoms with Crippen LogP contribution in [0.3, 0.4) is 0 Å². The van der Waals surface area contributed by atoms with Crippen LogP contribution in [0, 0.1) is 11.8 Å². The fourth-order valence-corrected chi connectivity index (χ4v) is 7.84. The molecule has 1 unspecified atom stereocenters. The van der Waals surface area contributed by atoms with Crippen LogP contribution in [0.2, 0.25) is 0 Å². The number of aryl methyl sites for hydroxylation is 2. The molecule has 0 aliphatic carbocycles. The van der Waals surface area contributed by atoms with Crippen molar-refractivity contribution in [3.8, 4) is 34.2 Å². The molecule has 3 aromatic heterocycles. The van der Waals surface area contributed by atoms with Crippen LogP contribution in [0.1, 0.15) is 74.1 Å². The monoisotopic (exact) mass is 757 g/mol. The van der Waals surface area contributed by atoms with Crippen molar-refractivity contribution in [2.24, 2.45) is 7.05 Å². The van der Waals surface area contributed by atoms with Gasteiger partial charge in [0.2, 0.25) is 11.8 Å². The Morgan fingerprint density at radius 1 is 0.930 bits per heavy atom. The van der Waals surface area contributed by atoms with Gasteiger partial charge in [0.05, 0.1) is 16.8 Å². The van der Waals surface area contributed by atoms with E-state index in [0.29, 0.717) is 36.1 Å². The molecular formula is C45H39N7O5. The highest BCUT2D eigenvalue weighted by atomic mass is 16.2. The zero-order valence-electron chi connectivity index (χ0n) is 31.7. The highest BCUT2D eigenvalue weighted by Crippen LogP contribution is 2.36. The maximum atomic E-state index is 13.1. The molecule has 8 rings (SSSR count). The second-order valence-corrected chi connectivity index (χ2v) is 14.2. The van der Waals surface area contributed by atoms with Crippen molar-refractivity contribution in [1.82, 2.24) is 35.4 Å². The van der Waals surface area contributed by atoms with Crippen LogP contribution in [0.15, 0.2) is 85.3 Å². The number of rotatable bonds is 8. The van der Waals surface area contributed by atoms with E-state index in [9.17, 15) is 24.0 Å². The van der Waals surface area contributed by atoms with Gasteiger partial charge in [-0.3, -0.25) is 39.3 Å². The van der Waals surface area contributed by atoms with Crippen LogP contribution in [0.5, 0.6) is 0 Å². The number of imide groups is 1. The number of fused-ring (bicyclic) bond motifs is 3. The fourth-order valence-electron chi connectivity index (χ4n) is 7.84. The standard InChI is InChI=1S/C45H39N7O5/c1-4-26-19-30(20-33-36(42(54)46-2)24-51(3)41(26)33)31-12-8-11-28-21-38(49-23-34(28)31)29-14-15-37(48-22-29)43(55)47-18-6-5-9-27-10-7-13-32-35(27)25-52(45(32)57)39-16-17-40(53)50-44(39)56/h7-8,10-15,19-24,39H,4,6,16-18,25H2,1-3H3,(H,46,54)(H,47,55)(H,50,53,56). The molecule has 2 aliphatic heterocycles. The molecule has 12 heteroatoms. The molecule has 3 N–H and O–H groups in total. The maximum absolute atomic E-state index is 13.1. The Labute approximate surface area is 328 Å². The molecule has 1 saturated heterocycles. The lowest BCUT2D eigenvalue weighted by atomic mass is 9.94. The molecule has 5 heterocycles. The summed E-state index contributed by atoms with van der Waals surface area (Å²) in [5.41, 5.74) is 8.57. The Bertz CT molecular complexity index is 2720. The zero-order chi connectivity index (χ0) is 39.8. The lowest BCUT2D eigenvalue weighted by Crippen LogP contribution is -2.52. The van der Waals surface area contributed by atoms with Crippen LogP contribution in [-0.2, 0) is 29.6 Å². The van der Waals surface area contributed by atoms with E-state index in [0.717, 1.165) is 61.6 Å². The summed E-state index contributed by atoms with van der Waals surface area (Å²) in [5, 5.41) is 10.8. The minimum atomic E-state index is -0.692. The minimum absolute atomic E-state index is 0.124. The van der Waals surface area contributed by atoms with Gasteiger partial charge in [-0.15, -0.1) is 0 Å². The van der Waals surface area contributed by atoms with E-state index in [2.05, 4.69) is 57.9 Å². The number of amides is 5. The van der Waals surface area contributed by atoms with Gasteiger partial charge in [-0.05, 0) is 82.9 Å². The van der Waals surface area contributed by atoms with Crippen molar-refractivity contribution >= 4 is 51.2 Å². The van der Waals surface area contributed by atoms with Gasteiger partial charge < -0.3 is 20.1 Å². The predicted octanol–water partition coefficient (Wildman–Crippen LogP) is 5.31. The molecule has 0 radical (unpaired) electrons. The molecule has 3 aromatic carbocycles. The van der Waals surface area contributed by atoms with E-state index >= 15 is 0 Å². The number of pyridine rings is 2. The average Bonchev–Trinajstić information content (AvgIpc) is 3.75. The summed E-state index contributed by atoms with van der Waals surface area (Å²) in [6.07, 6.45) is 7.05. The molecule has 0 spiro atoms. The number of piperidine rings is 1. The maximum Gasteiger partial charge on any atom is 0.269 e. The van der Waals surface area contributed by atoms with Gasteiger partial charge in [0, 0.05) is 86.1 Å². The fraction of sp³-hybridized carbons (Fsp3) is 0.222. The van der Waals surface area contributed by atoms with Crippen molar-refractivity contribution < 1.29 is 24.0 Å². The Morgan fingerprint density at radius 3 is 2.53 bits per heavy atom. The summed E-state index contributed by atoms with van der Waals surface area (Å²) in [6, 6.07) is 20.5. The third-order valence-electron chi connectivity index (χ3n) is 10.7. The molecule has 0 bridgehead atoms. The summed E-state index contributed by atoms with van der Waals surface area (Å²) in [6.45, 7) is 2.66. The molecule has 12 nitrogen and oxygen atoms in total. The van der Waals surface area contributed by atoms with E-state index in [1.807, 2.05) is 54.3 Å². The molecule has 57 heavy (non-hydrogen) atoms. The van der Waals surface area contributed by atoms with E-state index < -0.39 is 11.9 Å². The van der Waals surface area contributed by atoms with Gasteiger partial charge in [0.15, 0.2) is 0 Å². The number of aromatic nitrogens is 3. The summed E-state index contributed by atoms with van der Waals surface area (Å²) in [7, 11) is 3.61. The van der Waals surface area contributed by atoms with Gasteiger partial charge in [-0.25, -0.2) is 0 Å². The minimum Gasteiger partial charge on any atom is -0.355 e. The quantitative estimate of drug-likeness (QED) is 0.108. The van der Waals surface area contributed by atoms with Crippen molar-refractivity contribution in [3.05, 3.63) is 119 Å². The van der Waals surface area contributed by atoms with Gasteiger partial charge in [0.25, 0.3) is 17.7 Å². The van der Waals surface area contributed by atoms with E-state index in [-0.39, 0.29) is 42.3 Å². The normalized spacial score (nSPS) is 15.0. The second-order valence-electron chi connectivity index (χ2n) is 14.2.